The van der Waals surface area contributed by atoms with Crippen LogP contribution in [0.4, 0.5) is 0 Å². The summed E-state index contributed by atoms with van der Waals surface area (Å²) in [6, 6.07) is 0. The van der Waals surface area contributed by atoms with Gasteiger partial charge in [0.25, 0.3) is 0 Å². The van der Waals surface area contributed by atoms with Crippen molar-refractivity contribution in [2.45, 2.75) is 121 Å². The SMILES string of the molecule is CC1=C(CC[C@@H](C)O)C(C)(C)C[C@H](O[C@@H]2O[C@H](CO[C@@H]3OC[C@@H](O)[C@H](O)[C@H]3O)[C@@H](O)[C@H](O)[C@H]2O)[C@@H]1O. The van der Waals surface area contributed by atoms with Crippen molar-refractivity contribution >= 4 is 0 Å². The molecule has 0 aromatic carbocycles. The molecule has 0 aromatic rings. The summed E-state index contributed by atoms with van der Waals surface area (Å²) in [6.45, 7) is 6.85. The molecule has 2 fully saturated rings. The van der Waals surface area contributed by atoms with Gasteiger partial charge in [0.2, 0.25) is 0 Å². The van der Waals surface area contributed by atoms with Gasteiger partial charge in [0.15, 0.2) is 12.6 Å². The summed E-state index contributed by atoms with van der Waals surface area (Å²) in [6.07, 6.45) is -13.7. The van der Waals surface area contributed by atoms with Crippen LogP contribution >= 0.6 is 0 Å². The Morgan fingerprint density at radius 3 is 2.22 bits per heavy atom. The van der Waals surface area contributed by atoms with Gasteiger partial charge < -0.3 is 59.8 Å². The zero-order valence-electron chi connectivity index (χ0n) is 21.2. The van der Waals surface area contributed by atoms with Crippen molar-refractivity contribution in [2.24, 2.45) is 5.41 Å². The van der Waals surface area contributed by atoms with Crippen LogP contribution in [0, 0.1) is 5.41 Å². The predicted octanol–water partition coefficient (Wildman–Crippen LogP) is -2.10. The summed E-state index contributed by atoms with van der Waals surface area (Å²) in [5.74, 6) is 0. The fourth-order valence-corrected chi connectivity index (χ4v) is 5.19. The van der Waals surface area contributed by atoms with Gasteiger partial charge in [-0.3, -0.25) is 0 Å². The third-order valence-corrected chi connectivity index (χ3v) is 7.47. The first-order valence-corrected chi connectivity index (χ1v) is 12.4. The lowest BCUT2D eigenvalue weighted by molar-refractivity contribution is -0.332. The maximum atomic E-state index is 10.9. The number of rotatable bonds is 8. The van der Waals surface area contributed by atoms with E-state index in [4.69, 9.17) is 18.9 Å². The van der Waals surface area contributed by atoms with Gasteiger partial charge >= 0.3 is 0 Å². The number of aliphatic hydroxyl groups is 8. The Morgan fingerprint density at radius 2 is 1.58 bits per heavy atom. The Labute approximate surface area is 210 Å². The quantitative estimate of drug-likeness (QED) is 0.162. The van der Waals surface area contributed by atoms with E-state index in [-0.39, 0.29) is 12.0 Å². The van der Waals surface area contributed by atoms with Gasteiger partial charge in [-0.15, -0.1) is 0 Å². The van der Waals surface area contributed by atoms with E-state index in [1.165, 1.54) is 0 Å². The van der Waals surface area contributed by atoms with Crippen LogP contribution in [0.1, 0.15) is 47.0 Å². The molecule has 2 aliphatic heterocycles. The van der Waals surface area contributed by atoms with Crippen LogP contribution in [0.25, 0.3) is 0 Å². The van der Waals surface area contributed by atoms with Crippen molar-refractivity contribution in [3.05, 3.63) is 11.1 Å². The summed E-state index contributed by atoms with van der Waals surface area (Å²) in [5.41, 5.74) is 1.37. The lowest BCUT2D eigenvalue weighted by atomic mass is 9.69. The van der Waals surface area contributed by atoms with Gasteiger partial charge in [0.1, 0.15) is 48.8 Å². The van der Waals surface area contributed by atoms with Crippen molar-refractivity contribution < 1.29 is 59.8 Å². The molecular formula is C24H42O12. The highest BCUT2D eigenvalue weighted by Gasteiger charge is 2.48. The van der Waals surface area contributed by atoms with Crippen LogP contribution in [0.15, 0.2) is 11.1 Å². The minimum absolute atomic E-state index is 0.272. The molecule has 3 aliphatic rings. The van der Waals surface area contributed by atoms with E-state index in [1.54, 1.807) is 13.8 Å². The molecule has 0 aromatic heterocycles. The van der Waals surface area contributed by atoms with Gasteiger partial charge in [-0.1, -0.05) is 19.4 Å². The Hall–Kier alpha value is -0.740. The zero-order valence-corrected chi connectivity index (χ0v) is 21.2. The van der Waals surface area contributed by atoms with E-state index in [2.05, 4.69) is 0 Å². The molecule has 3 rings (SSSR count). The third-order valence-electron chi connectivity index (χ3n) is 7.47. The first-order valence-electron chi connectivity index (χ1n) is 12.4. The second-order valence-corrected chi connectivity index (χ2v) is 10.9. The van der Waals surface area contributed by atoms with Crippen LogP contribution < -0.4 is 0 Å². The molecule has 12 nitrogen and oxygen atoms in total. The van der Waals surface area contributed by atoms with Gasteiger partial charge in [0, 0.05) is 0 Å². The summed E-state index contributed by atoms with van der Waals surface area (Å²) < 4.78 is 22.2. The molecule has 12 atom stereocenters. The van der Waals surface area contributed by atoms with Crippen LogP contribution in [0.2, 0.25) is 0 Å². The van der Waals surface area contributed by atoms with E-state index in [9.17, 15) is 40.9 Å². The molecule has 2 saturated heterocycles. The molecular weight excluding hydrogens is 480 g/mol. The standard InChI is InChI=1S/C24H42O12/c1-10(25)5-6-12-11(2)16(27)14(7-24(12,3)4)35-23-21(32)19(30)18(29)15(36-23)9-34-22-20(31)17(28)13(26)8-33-22/h10,13-23,25-32H,5-9H2,1-4H3/t10-,13-,14+,15-,16-,17+,18-,19+,20-,21-,22+,23-/m1/s1. The van der Waals surface area contributed by atoms with Gasteiger partial charge in [-0.05, 0) is 44.1 Å². The molecule has 0 spiro atoms. The second-order valence-electron chi connectivity index (χ2n) is 10.9. The van der Waals surface area contributed by atoms with Gasteiger partial charge in [-0.2, -0.15) is 0 Å². The highest BCUT2D eigenvalue weighted by Crippen LogP contribution is 2.44. The molecule has 8 N–H and O–H groups in total. The molecule has 1 aliphatic carbocycles. The van der Waals surface area contributed by atoms with E-state index >= 15 is 0 Å². The Morgan fingerprint density at radius 1 is 0.944 bits per heavy atom. The second kappa shape index (κ2) is 12.0. The normalized spacial score (nSPS) is 44.5. The zero-order chi connectivity index (χ0) is 26.9. The van der Waals surface area contributed by atoms with Crippen LogP contribution in [-0.2, 0) is 18.9 Å². The molecule has 0 saturated carbocycles. The minimum Gasteiger partial charge on any atom is -0.393 e. The van der Waals surface area contributed by atoms with Crippen molar-refractivity contribution in [1.29, 1.82) is 0 Å². The van der Waals surface area contributed by atoms with Crippen molar-refractivity contribution in [3.63, 3.8) is 0 Å². The van der Waals surface area contributed by atoms with Crippen LogP contribution in [0.3, 0.4) is 0 Å². The first kappa shape index (κ1) is 29.8. The summed E-state index contributed by atoms with van der Waals surface area (Å²) in [7, 11) is 0. The van der Waals surface area contributed by atoms with Gasteiger partial charge in [-0.25, -0.2) is 0 Å². The highest BCUT2D eigenvalue weighted by atomic mass is 16.7. The lowest BCUT2D eigenvalue weighted by Crippen LogP contribution is -2.61. The molecule has 210 valence electrons. The average molecular weight is 523 g/mol. The van der Waals surface area contributed by atoms with E-state index in [0.29, 0.717) is 24.8 Å². The smallest absolute Gasteiger partial charge is 0.187 e. The van der Waals surface area contributed by atoms with Crippen molar-refractivity contribution in [2.75, 3.05) is 13.2 Å². The van der Waals surface area contributed by atoms with Crippen molar-refractivity contribution in [3.8, 4) is 0 Å². The van der Waals surface area contributed by atoms with E-state index < -0.39 is 80.2 Å². The minimum atomic E-state index is -1.64. The third kappa shape index (κ3) is 6.45. The monoisotopic (exact) mass is 522 g/mol. The molecule has 0 unspecified atom stereocenters. The first-order chi connectivity index (χ1) is 16.7. The molecule has 12 heteroatoms. The number of hydrogen-bond donors (Lipinski definition) is 8. The van der Waals surface area contributed by atoms with Crippen LogP contribution in [0.5, 0.6) is 0 Å². The molecule has 36 heavy (non-hydrogen) atoms. The number of ether oxygens (including phenoxy) is 4. The van der Waals surface area contributed by atoms with Crippen molar-refractivity contribution in [1.82, 2.24) is 0 Å². The fourth-order valence-electron chi connectivity index (χ4n) is 5.19. The maximum Gasteiger partial charge on any atom is 0.187 e. The molecule has 2 heterocycles. The Bertz CT molecular complexity index is 757. The van der Waals surface area contributed by atoms with E-state index in [1.807, 2.05) is 13.8 Å². The predicted molar refractivity (Wildman–Crippen MR) is 123 cm³/mol. The van der Waals surface area contributed by atoms with Crippen LogP contribution in [-0.4, -0.2) is 128 Å². The summed E-state index contributed by atoms with van der Waals surface area (Å²) in [5, 5.41) is 81.3. The largest absolute Gasteiger partial charge is 0.393 e. The Balaban J connectivity index is 1.67. The fraction of sp³-hybridized carbons (Fsp3) is 0.917. The number of aliphatic hydroxyl groups excluding tert-OH is 8. The topological polar surface area (TPSA) is 199 Å². The lowest BCUT2D eigenvalue weighted by Gasteiger charge is -2.46. The number of hydrogen-bond acceptors (Lipinski definition) is 12. The maximum absolute atomic E-state index is 10.9. The molecule has 0 bridgehead atoms. The average Bonchev–Trinajstić information content (AvgIpc) is 2.80. The molecule has 0 amide bonds. The van der Waals surface area contributed by atoms with E-state index in [0.717, 1.165) is 5.57 Å². The Kier molecular flexibility index (Phi) is 9.92. The summed E-state index contributed by atoms with van der Waals surface area (Å²) in [4.78, 5) is 0. The number of allylic oxidation sites excluding steroid dienone is 1. The summed E-state index contributed by atoms with van der Waals surface area (Å²) >= 11 is 0. The highest BCUT2D eigenvalue weighted by molar-refractivity contribution is 5.28. The van der Waals surface area contributed by atoms with Gasteiger partial charge in [0.05, 0.1) is 25.4 Å². The molecule has 0 radical (unpaired) electrons.